The van der Waals surface area contributed by atoms with Gasteiger partial charge in [-0.3, -0.25) is 5.10 Å². The van der Waals surface area contributed by atoms with E-state index in [-0.39, 0.29) is 6.04 Å². The third-order valence-electron chi connectivity index (χ3n) is 1.30. The second-order valence-corrected chi connectivity index (χ2v) is 2.45. The van der Waals surface area contributed by atoms with E-state index in [4.69, 9.17) is 5.73 Å². The first kappa shape index (κ1) is 7.21. The van der Waals surface area contributed by atoms with Crippen LogP contribution >= 0.6 is 0 Å². The van der Waals surface area contributed by atoms with Crippen molar-refractivity contribution in [1.82, 2.24) is 15.2 Å². The Balaban J connectivity index is 2.28. The Labute approximate surface area is 59.8 Å². The Kier molecular flexibility index (Phi) is 2.39. The molecule has 1 rings (SSSR count). The predicted molar refractivity (Wildman–Crippen MR) is 38.4 cm³/mol. The molecule has 56 valence electrons. The summed E-state index contributed by atoms with van der Waals surface area (Å²) in [4.78, 5) is 3.97. The third kappa shape index (κ3) is 2.14. The number of rotatable bonds is 3. The largest absolute Gasteiger partial charge is 0.328 e. The van der Waals surface area contributed by atoms with E-state index in [0.29, 0.717) is 0 Å². The van der Waals surface area contributed by atoms with E-state index in [1.807, 2.05) is 6.92 Å². The molecule has 1 aromatic heterocycles. The van der Waals surface area contributed by atoms with Gasteiger partial charge in [0.15, 0.2) is 0 Å². The van der Waals surface area contributed by atoms with Gasteiger partial charge in [-0.15, -0.1) is 0 Å². The maximum atomic E-state index is 5.55. The third-order valence-corrected chi connectivity index (χ3v) is 1.30. The van der Waals surface area contributed by atoms with Crippen LogP contribution in [-0.4, -0.2) is 21.2 Å². The van der Waals surface area contributed by atoms with Gasteiger partial charge in [0.05, 0.1) is 0 Å². The zero-order valence-corrected chi connectivity index (χ0v) is 6.04. The van der Waals surface area contributed by atoms with E-state index in [1.165, 1.54) is 6.33 Å². The van der Waals surface area contributed by atoms with E-state index in [0.717, 1.165) is 18.7 Å². The summed E-state index contributed by atoms with van der Waals surface area (Å²) in [7, 11) is 0. The summed E-state index contributed by atoms with van der Waals surface area (Å²) in [6.45, 7) is 1.98. The molecule has 10 heavy (non-hydrogen) atoms. The highest BCUT2D eigenvalue weighted by atomic mass is 15.2. The number of aromatic amines is 1. The monoisotopic (exact) mass is 140 g/mol. The molecule has 0 aliphatic rings. The summed E-state index contributed by atoms with van der Waals surface area (Å²) in [5, 5.41) is 6.50. The Hall–Kier alpha value is -0.900. The van der Waals surface area contributed by atoms with Crippen molar-refractivity contribution in [3.63, 3.8) is 0 Å². The number of hydrogen-bond acceptors (Lipinski definition) is 3. The van der Waals surface area contributed by atoms with Crippen LogP contribution in [0.2, 0.25) is 0 Å². The van der Waals surface area contributed by atoms with Gasteiger partial charge in [0, 0.05) is 12.5 Å². The molecule has 0 saturated carbocycles. The van der Waals surface area contributed by atoms with Crippen LogP contribution in [-0.2, 0) is 6.42 Å². The Morgan fingerprint density at radius 2 is 2.60 bits per heavy atom. The number of aromatic nitrogens is 3. The highest BCUT2D eigenvalue weighted by Crippen LogP contribution is 1.94. The molecule has 0 aromatic carbocycles. The zero-order valence-electron chi connectivity index (χ0n) is 6.04. The first-order chi connectivity index (χ1) is 4.79. The summed E-state index contributed by atoms with van der Waals surface area (Å²) >= 11 is 0. The summed E-state index contributed by atoms with van der Waals surface area (Å²) in [5.41, 5.74) is 5.55. The molecule has 0 fully saturated rings. The van der Waals surface area contributed by atoms with Gasteiger partial charge in [0.1, 0.15) is 12.2 Å². The average molecular weight is 140 g/mol. The summed E-state index contributed by atoms with van der Waals surface area (Å²) < 4.78 is 0. The smallest absolute Gasteiger partial charge is 0.137 e. The first-order valence-electron chi connectivity index (χ1n) is 3.39. The number of nitrogens with zero attached hydrogens (tertiary/aromatic N) is 2. The topological polar surface area (TPSA) is 67.6 Å². The molecule has 1 aromatic rings. The molecule has 4 nitrogen and oxygen atoms in total. The van der Waals surface area contributed by atoms with E-state index in [9.17, 15) is 0 Å². The fourth-order valence-electron chi connectivity index (χ4n) is 0.716. The van der Waals surface area contributed by atoms with Crippen LogP contribution in [0, 0.1) is 0 Å². The van der Waals surface area contributed by atoms with Crippen molar-refractivity contribution in [2.75, 3.05) is 0 Å². The minimum Gasteiger partial charge on any atom is -0.328 e. The average Bonchev–Trinajstić information content (AvgIpc) is 2.34. The molecule has 0 amide bonds. The van der Waals surface area contributed by atoms with Crippen LogP contribution in [0.1, 0.15) is 19.2 Å². The van der Waals surface area contributed by atoms with E-state index >= 15 is 0 Å². The second-order valence-electron chi connectivity index (χ2n) is 2.45. The van der Waals surface area contributed by atoms with Gasteiger partial charge in [-0.2, -0.15) is 5.10 Å². The highest BCUT2D eigenvalue weighted by molar-refractivity contribution is 4.80. The highest BCUT2D eigenvalue weighted by Gasteiger charge is 1.97. The van der Waals surface area contributed by atoms with Gasteiger partial charge in [0.25, 0.3) is 0 Å². The van der Waals surface area contributed by atoms with Crippen molar-refractivity contribution in [2.24, 2.45) is 5.73 Å². The number of nitrogens with one attached hydrogen (secondary N) is 1. The number of nitrogens with two attached hydrogens (primary N) is 1. The molecule has 4 heteroatoms. The predicted octanol–water partition coefficient (Wildman–Crippen LogP) is 0.0845. The molecule has 0 saturated heterocycles. The Bertz CT molecular complexity index is 168. The SMILES string of the molecule is CC(N)CCc1ncn[nH]1. The van der Waals surface area contributed by atoms with Crippen LogP contribution in [0.15, 0.2) is 6.33 Å². The van der Waals surface area contributed by atoms with Crippen LogP contribution in [0.4, 0.5) is 0 Å². The van der Waals surface area contributed by atoms with Gasteiger partial charge in [-0.25, -0.2) is 4.98 Å². The summed E-state index contributed by atoms with van der Waals surface area (Å²) in [6.07, 6.45) is 3.35. The van der Waals surface area contributed by atoms with E-state index < -0.39 is 0 Å². The van der Waals surface area contributed by atoms with E-state index in [2.05, 4.69) is 15.2 Å². The lowest BCUT2D eigenvalue weighted by atomic mass is 10.2. The van der Waals surface area contributed by atoms with E-state index in [1.54, 1.807) is 0 Å². The Morgan fingerprint density at radius 1 is 1.80 bits per heavy atom. The van der Waals surface area contributed by atoms with Gasteiger partial charge in [0.2, 0.25) is 0 Å². The number of aryl methyl sites for hydroxylation is 1. The van der Waals surface area contributed by atoms with Gasteiger partial charge < -0.3 is 5.73 Å². The lowest BCUT2D eigenvalue weighted by Crippen LogP contribution is -2.15. The van der Waals surface area contributed by atoms with Crippen molar-refractivity contribution in [3.8, 4) is 0 Å². The fourth-order valence-corrected chi connectivity index (χ4v) is 0.716. The molecule has 1 unspecified atom stereocenters. The minimum atomic E-state index is 0.241. The van der Waals surface area contributed by atoms with Crippen LogP contribution < -0.4 is 5.73 Å². The van der Waals surface area contributed by atoms with Crippen LogP contribution in [0.3, 0.4) is 0 Å². The number of hydrogen-bond donors (Lipinski definition) is 2. The Morgan fingerprint density at radius 3 is 3.10 bits per heavy atom. The maximum absolute atomic E-state index is 5.55. The molecule has 0 radical (unpaired) electrons. The number of H-pyrrole nitrogens is 1. The summed E-state index contributed by atoms with van der Waals surface area (Å²) in [6, 6.07) is 0.241. The van der Waals surface area contributed by atoms with Crippen molar-refractivity contribution < 1.29 is 0 Å². The maximum Gasteiger partial charge on any atom is 0.137 e. The normalized spacial score (nSPS) is 13.4. The molecule has 0 spiro atoms. The molecular weight excluding hydrogens is 128 g/mol. The zero-order chi connectivity index (χ0) is 7.40. The molecule has 0 aliphatic carbocycles. The van der Waals surface area contributed by atoms with Crippen LogP contribution in [0.5, 0.6) is 0 Å². The second kappa shape index (κ2) is 3.31. The first-order valence-corrected chi connectivity index (χ1v) is 3.39. The lowest BCUT2D eigenvalue weighted by molar-refractivity contribution is 0.649. The quantitative estimate of drug-likeness (QED) is 0.625. The molecule has 1 atom stereocenters. The van der Waals surface area contributed by atoms with Crippen molar-refractivity contribution in [2.45, 2.75) is 25.8 Å². The lowest BCUT2D eigenvalue weighted by Gasteiger charge is -2.00. The van der Waals surface area contributed by atoms with Crippen molar-refractivity contribution in [3.05, 3.63) is 12.2 Å². The molecule has 0 bridgehead atoms. The molecule has 1 heterocycles. The summed E-state index contributed by atoms with van der Waals surface area (Å²) in [5.74, 6) is 0.914. The molecular formula is C6H12N4. The van der Waals surface area contributed by atoms with Gasteiger partial charge in [-0.1, -0.05) is 0 Å². The minimum absolute atomic E-state index is 0.241. The molecule has 3 N–H and O–H groups in total. The van der Waals surface area contributed by atoms with Gasteiger partial charge >= 0.3 is 0 Å². The van der Waals surface area contributed by atoms with Gasteiger partial charge in [-0.05, 0) is 13.3 Å². The standard InChI is InChI=1S/C6H12N4/c1-5(7)2-3-6-8-4-9-10-6/h4-5H,2-3,7H2,1H3,(H,8,9,10). The van der Waals surface area contributed by atoms with Crippen molar-refractivity contribution >= 4 is 0 Å². The van der Waals surface area contributed by atoms with Crippen LogP contribution in [0.25, 0.3) is 0 Å². The molecule has 0 aliphatic heterocycles. The fraction of sp³-hybridized carbons (Fsp3) is 0.667. The van der Waals surface area contributed by atoms with Crippen molar-refractivity contribution in [1.29, 1.82) is 0 Å².